The van der Waals surface area contributed by atoms with Crippen LogP contribution in [-0.4, -0.2) is 40.8 Å². The summed E-state index contributed by atoms with van der Waals surface area (Å²) in [5, 5.41) is 0. The van der Waals surface area contributed by atoms with E-state index < -0.39 is 5.60 Å². The highest BCUT2D eigenvalue weighted by Crippen LogP contribution is 2.48. The number of carbonyl (C=O) groups is 1. The maximum absolute atomic E-state index is 12.1. The first kappa shape index (κ1) is 16.8. The molecule has 130 valence electrons. The quantitative estimate of drug-likeness (QED) is 0.771. The molecule has 5 nitrogen and oxygen atoms in total. The summed E-state index contributed by atoms with van der Waals surface area (Å²) in [4.78, 5) is 18.1. The van der Waals surface area contributed by atoms with Gasteiger partial charge in [-0.1, -0.05) is 6.08 Å². The number of aromatic nitrogens is 1. The minimum absolute atomic E-state index is 0.0744. The molecule has 0 N–H and O–H groups in total. The van der Waals surface area contributed by atoms with Crippen molar-refractivity contribution in [1.82, 2.24) is 9.88 Å². The molecule has 2 fully saturated rings. The van der Waals surface area contributed by atoms with E-state index in [2.05, 4.69) is 17.6 Å². The predicted octanol–water partition coefficient (Wildman–Crippen LogP) is 3.76. The number of nitrogens with zero attached hydrogens (tertiary/aromatic N) is 2. The molecule has 2 aliphatic rings. The van der Waals surface area contributed by atoms with E-state index in [0.29, 0.717) is 18.4 Å². The molecule has 1 aliphatic heterocycles. The van der Waals surface area contributed by atoms with Crippen LogP contribution in [0.3, 0.4) is 0 Å². The summed E-state index contributed by atoms with van der Waals surface area (Å²) in [5.74, 6) is 1.86. The fraction of sp³-hybridized carbons (Fsp3) is 0.579. The average Bonchev–Trinajstić information content (AvgIpc) is 3.24. The zero-order valence-corrected chi connectivity index (χ0v) is 14.7. The van der Waals surface area contributed by atoms with Gasteiger partial charge in [0.2, 0.25) is 0 Å². The molecule has 0 spiro atoms. The van der Waals surface area contributed by atoms with Crippen molar-refractivity contribution >= 4 is 6.09 Å². The molecule has 1 saturated carbocycles. The molecule has 1 aromatic rings. The molecule has 1 saturated heterocycles. The Hall–Kier alpha value is -2.04. The van der Waals surface area contributed by atoms with Crippen LogP contribution in [0.4, 0.5) is 4.79 Å². The van der Waals surface area contributed by atoms with E-state index in [-0.39, 0.29) is 12.1 Å². The van der Waals surface area contributed by atoms with Gasteiger partial charge in [-0.05, 0) is 57.1 Å². The van der Waals surface area contributed by atoms with E-state index >= 15 is 0 Å². The van der Waals surface area contributed by atoms with Crippen molar-refractivity contribution < 1.29 is 14.3 Å². The lowest BCUT2D eigenvalue weighted by molar-refractivity contribution is -0.0141. The van der Waals surface area contributed by atoms with Gasteiger partial charge in [-0.15, -0.1) is 6.58 Å². The number of allylic oxidation sites excluding steroid dienone is 1. The van der Waals surface area contributed by atoms with Crippen molar-refractivity contribution in [3.63, 3.8) is 0 Å². The number of likely N-dealkylation sites (tertiary alicyclic amines) is 1. The molecule has 1 aromatic heterocycles. The Morgan fingerprint density at radius 1 is 1.46 bits per heavy atom. The molecule has 3 atom stereocenters. The van der Waals surface area contributed by atoms with Gasteiger partial charge in [-0.2, -0.15) is 0 Å². The van der Waals surface area contributed by atoms with Crippen LogP contribution in [0, 0.1) is 5.92 Å². The van der Waals surface area contributed by atoms with Crippen molar-refractivity contribution in [2.24, 2.45) is 5.92 Å². The minimum atomic E-state index is -0.470. The van der Waals surface area contributed by atoms with Crippen molar-refractivity contribution in [3.05, 3.63) is 36.7 Å². The van der Waals surface area contributed by atoms with Crippen molar-refractivity contribution in [2.75, 3.05) is 13.2 Å². The highest BCUT2D eigenvalue weighted by molar-refractivity contribution is 5.69. The van der Waals surface area contributed by atoms with E-state index in [1.54, 1.807) is 11.1 Å². The Labute approximate surface area is 143 Å². The number of hydrogen-bond acceptors (Lipinski definition) is 4. The molecule has 3 rings (SSSR count). The van der Waals surface area contributed by atoms with Crippen LogP contribution < -0.4 is 4.74 Å². The predicted molar refractivity (Wildman–Crippen MR) is 92.1 cm³/mol. The Kier molecular flexibility index (Phi) is 4.52. The molecule has 0 radical (unpaired) electrons. The first-order valence-electron chi connectivity index (χ1n) is 8.57. The molecule has 5 heteroatoms. The standard InChI is InChI=1S/C19H26N2O3/c1-5-13-9-17(13)14-8-16(11-20-10-14)23-12-15-6-7-21(15)18(22)24-19(2,3)4/h5,8,10-11,13,15,17H,1,6-7,9,12H2,2-4H3/t13-,15+,17+/m1/s1. The van der Waals surface area contributed by atoms with Gasteiger partial charge in [-0.3, -0.25) is 4.98 Å². The summed E-state index contributed by atoms with van der Waals surface area (Å²) in [6.45, 7) is 10.7. The molecule has 2 heterocycles. The number of carbonyl (C=O) groups excluding carboxylic acids is 1. The summed E-state index contributed by atoms with van der Waals surface area (Å²) < 4.78 is 11.3. The first-order chi connectivity index (χ1) is 11.4. The van der Waals surface area contributed by atoms with Crippen molar-refractivity contribution in [2.45, 2.75) is 51.2 Å². The van der Waals surface area contributed by atoms with Crippen LogP contribution in [0.15, 0.2) is 31.1 Å². The smallest absolute Gasteiger partial charge is 0.410 e. The second-order valence-corrected chi connectivity index (χ2v) is 7.62. The van der Waals surface area contributed by atoms with Gasteiger partial charge in [0.15, 0.2) is 0 Å². The van der Waals surface area contributed by atoms with Gasteiger partial charge < -0.3 is 14.4 Å². The monoisotopic (exact) mass is 330 g/mol. The first-order valence-corrected chi connectivity index (χ1v) is 8.57. The minimum Gasteiger partial charge on any atom is -0.490 e. The van der Waals surface area contributed by atoms with Crippen LogP contribution in [0.2, 0.25) is 0 Å². The zero-order valence-electron chi connectivity index (χ0n) is 14.7. The Balaban J connectivity index is 1.52. The van der Waals surface area contributed by atoms with Crippen LogP contribution in [0.5, 0.6) is 5.75 Å². The second-order valence-electron chi connectivity index (χ2n) is 7.62. The summed E-state index contributed by atoms with van der Waals surface area (Å²) in [5.41, 5.74) is 0.734. The van der Waals surface area contributed by atoms with E-state index in [9.17, 15) is 4.79 Å². The fourth-order valence-corrected chi connectivity index (χ4v) is 2.94. The number of hydrogen-bond donors (Lipinski definition) is 0. The van der Waals surface area contributed by atoms with Crippen LogP contribution in [0.25, 0.3) is 0 Å². The summed E-state index contributed by atoms with van der Waals surface area (Å²) in [6.07, 6.45) is 7.45. The van der Waals surface area contributed by atoms with Gasteiger partial charge in [0.1, 0.15) is 18.0 Å². The van der Waals surface area contributed by atoms with Gasteiger partial charge in [0.05, 0.1) is 12.2 Å². The van der Waals surface area contributed by atoms with E-state index in [4.69, 9.17) is 9.47 Å². The normalized spacial score (nSPS) is 25.6. The molecule has 0 aromatic carbocycles. The Bertz CT molecular complexity index is 623. The lowest BCUT2D eigenvalue weighted by atomic mass is 10.1. The molecular formula is C19H26N2O3. The third-order valence-corrected chi connectivity index (χ3v) is 4.52. The molecular weight excluding hydrogens is 304 g/mol. The third-order valence-electron chi connectivity index (χ3n) is 4.52. The lowest BCUT2D eigenvalue weighted by Gasteiger charge is -2.40. The molecule has 0 unspecified atom stereocenters. The van der Waals surface area contributed by atoms with Gasteiger partial charge in [-0.25, -0.2) is 4.79 Å². The molecule has 1 amide bonds. The average molecular weight is 330 g/mol. The Morgan fingerprint density at radius 3 is 2.83 bits per heavy atom. The van der Waals surface area contributed by atoms with E-state index in [0.717, 1.165) is 25.1 Å². The van der Waals surface area contributed by atoms with Crippen molar-refractivity contribution in [3.8, 4) is 5.75 Å². The van der Waals surface area contributed by atoms with Gasteiger partial charge >= 0.3 is 6.09 Å². The zero-order chi connectivity index (χ0) is 17.3. The highest BCUT2D eigenvalue weighted by Gasteiger charge is 2.37. The lowest BCUT2D eigenvalue weighted by Crippen LogP contribution is -2.55. The van der Waals surface area contributed by atoms with Gasteiger partial charge in [0.25, 0.3) is 0 Å². The number of pyridine rings is 1. The van der Waals surface area contributed by atoms with E-state index in [1.807, 2.05) is 33.0 Å². The number of ether oxygens (including phenoxy) is 2. The molecule has 24 heavy (non-hydrogen) atoms. The summed E-state index contributed by atoms with van der Waals surface area (Å²) >= 11 is 0. The number of rotatable bonds is 5. The van der Waals surface area contributed by atoms with Crippen molar-refractivity contribution in [1.29, 1.82) is 0 Å². The molecule has 0 bridgehead atoms. The van der Waals surface area contributed by atoms with Gasteiger partial charge in [0, 0.05) is 12.7 Å². The molecule has 1 aliphatic carbocycles. The maximum Gasteiger partial charge on any atom is 0.410 e. The third kappa shape index (κ3) is 3.89. The number of amides is 1. The van der Waals surface area contributed by atoms with Crippen LogP contribution in [0.1, 0.15) is 45.1 Å². The maximum atomic E-state index is 12.1. The van der Waals surface area contributed by atoms with Crippen LogP contribution in [-0.2, 0) is 4.74 Å². The largest absolute Gasteiger partial charge is 0.490 e. The summed E-state index contributed by atoms with van der Waals surface area (Å²) in [7, 11) is 0. The summed E-state index contributed by atoms with van der Waals surface area (Å²) in [6, 6.07) is 2.13. The van der Waals surface area contributed by atoms with E-state index in [1.165, 1.54) is 5.56 Å². The highest BCUT2D eigenvalue weighted by atomic mass is 16.6. The SMILES string of the molecule is C=C[C@@H]1C[C@@H]1c1cncc(OC[C@@H]2CCN2C(=O)OC(C)(C)C)c1. The Morgan fingerprint density at radius 2 is 2.25 bits per heavy atom. The topological polar surface area (TPSA) is 51.7 Å². The second kappa shape index (κ2) is 6.46. The van der Waals surface area contributed by atoms with Crippen LogP contribution >= 0.6 is 0 Å². The fourth-order valence-electron chi connectivity index (χ4n) is 2.94.